The Kier molecular flexibility index (Phi) is 6.32. The lowest BCUT2D eigenvalue weighted by Gasteiger charge is -2.16. The molecule has 0 aliphatic carbocycles. The minimum atomic E-state index is -0.876. The molecule has 1 aromatic heterocycles. The van der Waals surface area contributed by atoms with Crippen molar-refractivity contribution >= 4 is 34.5 Å². The van der Waals surface area contributed by atoms with Gasteiger partial charge in [0, 0.05) is 36.6 Å². The van der Waals surface area contributed by atoms with Crippen molar-refractivity contribution in [3.05, 3.63) is 114 Å². The number of anilines is 2. The average Bonchev–Trinajstić information content (AvgIpc) is 3.49. The molecule has 36 heavy (non-hydrogen) atoms. The summed E-state index contributed by atoms with van der Waals surface area (Å²) in [7, 11) is 0. The molecular weight excluding hydrogens is 459 g/mol. The van der Waals surface area contributed by atoms with Gasteiger partial charge in [-0.25, -0.2) is 9.37 Å². The fourth-order valence-electron chi connectivity index (χ4n) is 4.23. The largest absolute Gasteiger partial charge is 0.481 e. The van der Waals surface area contributed by atoms with Gasteiger partial charge in [0.1, 0.15) is 5.82 Å². The first-order valence-corrected chi connectivity index (χ1v) is 11.4. The molecule has 5 rings (SSSR count). The topological polar surface area (TPSA) is 96.2 Å². The summed E-state index contributed by atoms with van der Waals surface area (Å²) in [6, 6.07) is 19.5. The number of nitrogens with zero attached hydrogens (tertiary/aromatic N) is 2. The molecular formula is C28H23FN4O3. The van der Waals surface area contributed by atoms with Gasteiger partial charge in [0.2, 0.25) is 0 Å². The summed E-state index contributed by atoms with van der Waals surface area (Å²) in [5.74, 6) is -1.65. The van der Waals surface area contributed by atoms with Crippen molar-refractivity contribution in [2.75, 3.05) is 10.6 Å². The normalized spacial score (nSPS) is 13.8. The number of aromatic nitrogens is 2. The van der Waals surface area contributed by atoms with E-state index in [-0.39, 0.29) is 12.3 Å². The Morgan fingerprint density at radius 2 is 1.89 bits per heavy atom. The Morgan fingerprint density at radius 3 is 2.64 bits per heavy atom. The number of imidazole rings is 1. The van der Waals surface area contributed by atoms with E-state index in [1.807, 2.05) is 59.3 Å². The maximum Gasteiger partial charge on any atom is 0.303 e. The van der Waals surface area contributed by atoms with E-state index >= 15 is 0 Å². The highest BCUT2D eigenvalue weighted by Gasteiger charge is 2.29. The van der Waals surface area contributed by atoms with E-state index in [9.17, 15) is 14.0 Å². The fourth-order valence-corrected chi connectivity index (χ4v) is 4.23. The molecule has 1 amide bonds. The van der Waals surface area contributed by atoms with E-state index in [2.05, 4.69) is 15.6 Å². The summed E-state index contributed by atoms with van der Waals surface area (Å²) in [5.41, 5.74) is 5.36. The smallest absolute Gasteiger partial charge is 0.303 e. The second kappa shape index (κ2) is 9.87. The maximum absolute atomic E-state index is 13.8. The van der Waals surface area contributed by atoms with Crippen LogP contribution in [0.4, 0.5) is 15.8 Å². The van der Waals surface area contributed by atoms with Crippen LogP contribution in [0.15, 0.2) is 85.5 Å². The molecule has 3 N–H and O–H groups in total. The third-order valence-electron chi connectivity index (χ3n) is 5.97. The number of nitrogens with one attached hydrogen (secondary N) is 2. The zero-order valence-electron chi connectivity index (χ0n) is 19.2. The van der Waals surface area contributed by atoms with Crippen molar-refractivity contribution in [2.45, 2.75) is 19.4 Å². The number of halogens is 1. The molecule has 7 nitrogen and oxygen atoms in total. The SMILES string of the molecule is O=C(O)CCc1cccc(C(Nc2ccc(Cn3ccnc3)cc2)=C2C(=O)Nc3cc(F)ccc32)c1. The van der Waals surface area contributed by atoms with Crippen LogP contribution in [0.2, 0.25) is 0 Å². The molecule has 0 radical (unpaired) electrons. The molecule has 3 aromatic carbocycles. The third kappa shape index (κ3) is 5.02. The second-order valence-corrected chi connectivity index (χ2v) is 8.55. The van der Waals surface area contributed by atoms with Gasteiger partial charge in [0.05, 0.1) is 23.3 Å². The summed E-state index contributed by atoms with van der Waals surface area (Å²) < 4.78 is 15.8. The lowest BCUT2D eigenvalue weighted by Crippen LogP contribution is -2.10. The highest BCUT2D eigenvalue weighted by atomic mass is 19.1. The summed E-state index contributed by atoms with van der Waals surface area (Å²) >= 11 is 0. The molecule has 0 unspecified atom stereocenters. The highest BCUT2D eigenvalue weighted by molar-refractivity contribution is 6.37. The Morgan fingerprint density at radius 1 is 1.06 bits per heavy atom. The minimum absolute atomic E-state index is 0.00373. The molecule has 0 saturated carbocycles. The predicted octanol–water partition coefficient (Wildman–Crippen LogP) is 5.02. The Bertz CT molecular complexity index is 1460. The van der Waals surface area contributed by atoms with Crippen LogP contribution < -0.4 is 10.6 Å². The van der Waals surface area contributed by atoms with Gasteiger partial charge in [-0.3, -0.25) is 9.59 Å². The predicted molar refractivity (Wildman–Crippen MR) is 136 cm³/mol. The lowest BCUT2D eigenvalue weighted by molar-refractivity contribution is -0.137. The molecule has 0 spiro atoms. The number of amides is 1. The standard InChI is InChI=1S/C28H23FN4O3/c29-21-7-10-23-24(15-21)32-28(36)26(23)27(20-3-1-2-18(14-20)6-11-25(34)35)31-22-8-4-19(5-9-22)16-33-13-12-30-17-33/h1-5,7-10,12-15,17,31H,6,11,16H2,(H,32,36)(H,34,35). The highest BCUT2D eigenvalue weighted by Crippen LogP contribution is 2.38. The van der Waals surface area contributed by atoms with Gasteiger partial charge >= 0.3 is 5.97 Å². The zero-order valence-corrected chi connectivity index (χ0v) is 19.2. The van der Waals surface area contributed by atoms with E-state index in [1.54, 1.807) is 18.6 Å². The number of aliphatic carboxylic acids is 1. The number of carbonyl (C=O) groups excluding carboxylic acids is 1. The summed E-state index contributed by atoms with van der Waals surface area (Å²) in [4.78, 5) is 28.2. The molecule has 8 heteroatoms. The molecule has 0 atom stereocenters. The van der Waals surface area contributed by atoms with Crippen LogP contribution >= 0.6 is 0 Å². The summed E-state index contributed by atoms with van der Waals surface area (Å²) in [5, 5.41) is 15.2. The summed E-state index contributed by atoms with van der Waals surface area (Å²) in [6.07, 6.45) is 5.75. The van der Waals surface area contributed by atoms with Crippen LogP contribution in [0.3, 0.4) is 0 Å². The number of aryl methyl sites for hydroxylation is 1. The van der Waals surface area contributed by atoms with E-state index in [0.717, 1.165) is 22.4 Å². The van der Waals surface area contributed by atoms with Crippen molar-refractivity contribution in [2.24, 2.45) is 0 Å². The van der Waals surface area contributed by atoms with Crippen LogP contribution in [-0.2, 0) is 22.6 Å². The maximum atomic E-state index is 13.8. The number of hydrogen-bond donors (Lipinski definition) is 3. The average molecular weight is 483 g/mol. The quantitative estimate of drug-likeness (QED) is 0.307. The van der Waals surface area contributed by atoms with Crippen LogP contribution in [0.25, 0.3) is 11.3 Å². The van der Waals surface area contributed by atoms with Gasteiger partial charge in [-0.05, 0) is 59.5 Å². The Hall–Kier alpha value is -4.72. The molecule has 1 aliphatic heterocycles. The first-order chi connectivity index (χ1) is 17.5. The van der Waals surface area contributed by atoms with Crippen molar-refractivity contribution < 1.29 is 19.1 Å². The van der Waals surface area contributed by atoms with E-state index in [1.165, 1.54) is 12.1 Å². The number of carbonyl (C=O) groups is 2. The van der Waals surface area contributed by atoms with Gasteiger partial charge in [-0.2, -0.15) is 0 Å². The van der Waals surface area contributed by atoms with Crippen LogP contribution in [0, 0.1) is 5.82 Å². The molecule has 1 aliphatic rings. The van der Waals surface area contributed by atoms with Crippen molar-refractivity contribution in [3.63, 3.8) is 0 Å². The van der Waals surface area contributed by atoms with Gasteiger partial charge in [0.25, 0.3) is 5.91 Å². The Balaban J connectivity index is 1.54. The van der Waals surface area contributed by atoms with Gasteiger partial charge in [0.15, 0.2) is 0 Å². The van der Waals surface area contributed by atoms with Gasteiger partial charge < -0.3 is 20.3 Å². The second-order valence-electron chi connectivity index (χ2n) is 8.55. The molecule has 4 aromatic rings. The van der Waals surface area contributed by atoms with E-state index in [0.29, 0.717) is 35.5 Å². The van der Waals surface area contributed by atoms with E-state index < -0.39 is 11.8 Å². The first-order valence-electron chi connectivity index (χ1n) is 11.4. The summed E-state index contributed by atoms with van der Waals surface area (Å²) in [6.45, 7) is 0.682. The number of benzene rings is 3. The van der Waals surface area contributed by atoms with Crippen LogP contribution in [-0.4, -0.2) is 26.5 Å². The van der Waals surface area contributed by atoms with Crippen molar-refractivity contribution in [1.29, 1.82) is 0 Å². The number of fused-ring (bicyclic) bond motifs is 1. The minimum Gasteiger partial charge on any atom is -0.481 e. The van der Waals surface area contributed by atoms with Gasteiger partial charge in [-0.15, -0.1) is 0 Å². The lowest BCUT2D eigenvalue weighted by atomic mass is 9.97. The van der Waals surface area contributed by atoms with E-state index in [4.69, 9.17) is 5.11 Å². The monoisotopic (exact) mass is 482 g/mol. The molecule has 180 valence electrons. The van der Waals surface area contributed by atoms with Crippen molar-refractivity contribution in [3.8, 4) is 0 Å². The zero-order chi connectivity index (χ0) is 25.1. The number of hydrogen-bond acceptors (Lipinski definition) is 4. The van der Waals surface area contributed by atoms with Crippen LogP contribution in [0.1, 0.15) is 28.7 Å². The molecule has 0 saturated heterocycles. The first kappa shape index (κ1) is 23.0. The molecule has 0 fully saturated rings. The van der Waals surface area contributed by atoms with Crippen LogP contribution in [0.5, 0.6) is 0 Å². The number of rotatable bonds is 8. The Labute approximate surface area is 206 Å². The molecule has 0 bridgehead atoms. The number of carboxylic acid groups (broad SMARTS) is 1. The van der Waals surface area contributed by atoms with Crippen molar-refractivity contribution in [1.82, 2.24) is 9.55 Å². The third-order valence-corrected chi connectivity index (χ3v) is 5.97. The number of carboxylic acids is 1. The molecule has 2 heterocycles. The van der Waals surface area contributed by atoms with Gasteiger partial charge in [-0.1, -0.05) is 30.3 Å². The fraction of sp³-hybridized carbons (Fsp3) is 0.107.